The van der Waals surface area contributed by atoms with Crippen molar-refractivity contribution in [3.05, 3.63) is 65.7 Å². The molecule has 4 heteroatoms. The van der Waals surface area contributed by atoms with Crippen LogP contribution in [0, 0.1) is 0 Å². The molecular weight excluding hydrogens is 242 g/mol. The molecule has 0 bridgehead atoms. The third-order valence-corrected chi connectivity index (χ3v) is 2.85. The monoisotopic (exact) mass is 259 g/mol. The van der Waals surface area contributed by atoms with Gasteiger partial charge in [0.2, 0.25) is 5.79 Å². The fourth-order valence-electron chi connectivity index (χ4n) is 1.68. The Balaban J connectivity index is 2.00. The summed E-state index contributed by atoms with van der Waals surface area (Å²) in [4.78, 5) is 0. The Hall–Kier alpha value is -1.88. The molecule has 0 aliphatic rings. The molecule has 0 heterocycles. The predicted octanol–water partition coefficient (Wildman–Crippen LogP) is 1.36. The van der Waals surface area contributed by atoms with Crippen LogP contribution in [0.25, 0.3) is 0 Å². The molecule has 0 saturated heterocycles. The van der Waals surface area contributed by atoms with E-state index in [1.54, 1.807) is 24.3 Å². The zero-order valence-corrected chi connectivity index (χ0v) is 10.5. The van der Waals surface area contributed by atoms with Gasteiger partial charge >= 0.3 is 0 Å². The molecule has 0 fully saturated rings. The van der Waals surface area contributed by atoms with Crippen molar-refractivity contribution in [2.24, 2.45) is 5.73 Å². The van der Waals surface area contributed by atoms with Crippen molar-refractivity contribution < 1.29 is 14.9 Å². The molecule has 19 heavy (non-hydrogen) atoms. The fourth-order valence-corrected chi connectivity index (χ4v) is 1.68. The Morgan fingerprint density at radius 2 is 1.58 bits per heavy atom. The van der Waals surface area contributed by atoms with Gasteiger partial charge < -0.3 is 20.7 Å². The molecule has 0 radical (unpaired) electrons. The predicted molar refractivity (Wildman–Crippen MR) is 72.4 cm³/mol. The van der Waals surface area contributed by atoms with E-state index in [0.29, 0.717) is 17.9 Å². The average Bonchev–Trinajstić information content (AvgIpc) is 2.47. The number of nitrogens with two attached hydrogens (primary N) is 1. The summed E-state index contributed by atoms with van der Waals surface area (Å²) in [6.45, 7) is 0.220. The first kappa shape index (κ1) is 13.5. The van der Waals surface area contributed by atoms with E-state index in [-0.39, 0.29) is 6.54 Å². The molecule has 0 unspecified atom stereocenters. The molecule has 2 rings (SSSR count). The maximum Gasteiger partial charge on any atom is 0.202 e. The average molecular weight is 259 g/mol. The molecular formula is C15H17NO3. The van der Waals surface area contributed by atoms with Gasteiger partial charge in [-0.2, -0.15) is 0 Å². The van der Waals surface area contributed by atoms with Crippen LogP contribution in [0.15, 0.2) is 54.6 Å². The largest absolute Gasteiger partial charge is 0.489 e. The second-order valence-corrected chi connectivity index (χ2v) is 4.32. The lowest BCUT2D eigenvalue weighted by Gasteiger charge is -2.20. The third kappa shape index (κ3) is 3.54. The van der Waals surface area contributed by atoms with E-state index in [0.717, 1.165) is 5.56 Å². The summed E-state index contributed by atoms with van der Waals surface area (Å²) in [6.07, 6.45) is 0. The van der Waals surface area contributed by atoms with Gasteiger partial charge in [0.25, 0.3) is 0 Å². The fraction of sp³-hybridized carbons (Fsp3) is 0.200. The Morgan fingerprint density at radius 1 is 0.947 bits per heavy atom. The molecule has 0 aromatic heterocycles. The highest BCUT2D eigenvalue weighted by atomic mass is 16.5. The van der Waals surface area contributed by atoms with Crippen LogP contribution < -0.4 is 10.5 Å². The zero-order valence-electron chi connectivity index (χ0n) is 10.5. The molecule has 2 aromatic rings. The van der Waals surface area contributed by atoms with Crippen LogP contribution in [0.5, 0.6) is 5.75 Å². The van der Waals surface area contributed by atoms with E-state index >= 15 is 0 Å². The summed E-state index contributed by atoms with van der Waals surface area (Å²) < 4.78 is 5.60. The highest BCUT2D eigenvalue weighted by molar-refractivity contribution is 5.30. The maximum atomic E-state index is 9.58. The van der Waals surface area contributed by atoms with Gasteiger partial charge in [-0.25, -0.2) is 0 Å². The quantitative estimate of drug-likeness (QED) is 0.709. The molecule has 0 aliphatic carbocycles. The molecule has 0 amide bonds. The minimum atomic E-state index is -1.99. The minimum Gasteiger partial charge on any atom is -0.489 e. The van der Waals surface area contributed by atoms with Crippen LogP contribution in [0.1, 0.15) is 11.1 Å². The minimum absolute atomic E-state index is 0.253. The van der Waals surface area contributed by atoms with Crippen LogP contribution in [-0.4, -0.2) is 16.8 Å². The van der Waals surface area contributed by atoms with E-state index in [1.807, 2.05) is 30.3 Å². The molecule has 0 saturated carbocycles. The van der Waals surface area contributed by atoms with E-state index in [1.165, 1.54) is 0 Å². The first-order valence-electron chi connectivity index (χ1n) is 6.04. The van der Waals surface area contributed by atoms with E-state index < -0.39 is 5.79 Å². The standard InChI is InChI=1S/C15H17NO3/c16-11-15(17,18)13-6-8-14(9-7-13)19-10-12-4-2-1-3-5-12/h1-9,17-18H,10-11,16H2. The van der Waals surface area contributed by atoms with Crippen molar-refractivity contribution in [2.45, 2.75) is 12.4 Å². The zero-order chi connectivity index (χ0) is 13.7. The molecule has 100 valence electrons. The summed E-state index contributed by atoms with van der Waals surface area (Å²) in [6, 6.07) is 16.4. The van der Waals surface area contributed by atoms with Gasteiger partial charge in [0.15, 0.2) is 0 Å². The third-order valence-electron chi connectivity index (χ3n) is 2.85. The lowest BCUT2D eigenvalue weighted by molar-refractivity contribution is -0.160. The molecule has 2 aromatic carbocycles. The topological polar surface area (TPSA) is 75.7 Å². The summed E-state index contributed by atoms with van der Waals surface area (Å²) in [5, 5.41) is 19.2. The van der Waals surface area contributed by atoms with Gasteiger partial charge in [-0.3, -0.25) is 0 Å². The number of benzene rings is 2. The lowest BCUT2D eigenvalue weighted by atomic mass is 10.1. The van der Waals surface area contributed by atoms with Crippen molar-refractivity contribution in [3.63, 3.8) is 0 Å². The van der Waals surface area contributed by atoms with Gasteiger partial charge in [0, 0.05) is 5.56 Å². The molecule has 0 atom stereocenters. The van der Waals surface area contributed by atoms with Crippen molar-refractivity contribution >= 4 is 0 Å². The highest BCUT2D eigenvalue weighted by Gasteiger charge is 2.23. The summed E-state index contributed by atoms with van der Waals surface area (Å²) in [5.41, 5.74) is 6.71. The first-order valence-corrected chi connectivity index (χ1v) is 6.04. The summed E-state index contributed by atoms with van der Waals surface area (Å²) in [5.74, 6) is -1.32. The highest BCUT2D eigenvalue weighted by Crippen LogP contribution is 2.20. The first-order chi connectivity index (χ1) is 9.12. The van der Waals surface area contributed by atoms with Crippen LogP contribution in [0.4, 0.5) is 0 Å². The van der Waals surface area contributed by atoms with Gasteiger partial charge in [-0.15, -0.1) is 0 Å². The smallest absolute Gasteiger partial charge is 0.202 e. The number of ether oxygens (including phenoxy) is 1. The summed E-state index contributed by atoms with van der Waals surface area (Å²) in [7, 11) is 0. The van der Waals surface area contributed by atoms with Crippen molar-refractivity contribution in [1.29, 1.82) is 0 Å². The SMILES string of the molecule is NCC(O)(O)c1ccc(OCc2ccccc2)cc1. The Bertz CT molecular complexity index is 509. The van der Waals surface area contributed by atoms with Crippen molar-refractivity contribution in [1.82, 2.24) is 0 Å². The van der Waals surface area contributed by atoms with Gasteiger partial charge in [-0.1, -0.05) is 30.3 Å². The molecule has 4 nitrogen and oxygen atoms in total. The number of hydrogen-bond acceptors (Lipinski definition) is 4. The van der Waals surface area contributed by atoms with Gasteiger partial charge in [0.05, 0.1) is 6.54 Å². The van der Waals surface area contributed by atoms with Crippen LogP contribution in [-0.2, 0) is 12.4 Å². The second kappa shape index (κ2) is 5.84. The molecule has 0 aliphatic heterocycles. The maximum absolute atomic E-state index is 9.58. The Morgan fingerprint density at radius 3 is 2.16 bits per heavy atom. The van der Waals surface area contributed by atoms with Crippen molar-refractivity contribution in [2.75, 3.05) is 6.54 Å². The molecule has 4 N–H and O–H groups in total. The Kier molecular flexibility index (Phi) is 4.16. The lowest BCUT2D eigenvalue weighted by Crippen LogP contribution is -2.34. The number of aliphatic hydroxyl groups is 2. The van der Waals surface area contributed by atoms with Gasteiger partial charge in [0.1, 0.15) is 12.4 Å². The van der Waals surface area contributed by atoms with Crippen LogP contribution in [0.3, 0.4) is 0 Å². The van der Waals surface area contributed by atoms with Crippen molar-refractivity contribution in [3.8, 4) is 5.75 Å². The van der Waals surface area contributed by atoms with E-state index in [4.69, 9.17) is 10.5 Å². The van der Waals surface area contributed by atoms with Crippen LogP contribution >= 0.6 is 0 Å². The number of rotatable bonds is 5. The van der Waals surface area contributed by atoms with Crippen LogP contribution in [0.2, 0.25) is 0 Å². The normalized spacial score (nSPS) is 11.3. The Labute approximate surface area is 112 Å². The summed E-state index contributed by atoms with van der Waals surface area (Å²) >= 11 is 0. The van der Waals surface area contributed by atoms with E-state index in [9.17, 15) is 10.2 Å². The second-order valence-electron chi connectivity index (χ2n) is 4.32. The number of hydrogen-bond donors (Lipinski definition) is 3. The van der Waals surface area contributed by atoms with Gasteiger partial charge in [-0.05, 0) is 29.8 Å². The van der Waals surface area contributed by atoms with E-state index in [2.05, 4.69) is 0 Å². The molecule has 0 spiro atoms.